The molecule has 19 heavy (non-hydrogen) atoms. The maximum atomic E-state index is 12.1. The average molecular weight is 340 g/mol. The number of benzene rings is 1. The summed E-state index contributed by atoms with van der Waals surface area (Å²) >= 11 is 17.5. The normalized spacial score (nSPS) is 11.7. The minimum atomic E-state index is -3.80. The highest BCUT2D eigenvalue weighted by molar-refractivity contribution is 7.89. The molecule has 0 fully saturated rings. The van der Waals surface area contributed by atoms with Crippen LogP contribution >= 0.6 is 34.8 Å². The van der Waals surface area contributed by atoms with Crippen molar-refractivity contribution in [3.8, 4) is 0 Å². The van der Waals surface area contributed by atoms with Gasteiger partial charge >= 0.3 is 0 Å². The molecule has 1 heterocycles. The number of aromatic amines is 1. The first-order valence-electron chi connectivity index (χ1n) is 5.16. The number of hydrogen-bond donors (Lipinski definition) is 2. The van der Waals surface area contributed by atoms with Crippen LogP contribution in [0.3, 0.4) is 0 Å². The first-order chi connectivity index (χ1) is 8.90. The summed E-state index contributed by atoms with van der Waals surface area (Å²) < 4.78 is 26.7. The molecule has 2 N–H and O–H groups in total. The molecule has 2 aromatic rings. The molecule has 1 aromatic carbocycles. The van der Waals surface area contributed by atoms with Crippen molar-refractivity contribution in [1.29, 1.82) is 0 Å². The number of nitrogens with one attached hydrogen (secondary N) is 2. The van der Waals surface area contributed by atoms with Gasteiger partial charge in [-0.05, 0) is 23.8 Å². The Labute approximate surface area is 125 Å². The molecule has 0 amide bonds. The van der Waals surface area contributed by atoms with E-state index in [1.54, 1.807) is 18.5 Å². The monoisotopic (exact) mass is 338 g/mol. The number of halogens is 3. The summed E-state index contributed by atoms with van der Waals surface area (Å²) in [6, 6.07) is 4.42. The van der Waals surface area contributed by atoms with Crippen LogP contribution in [0.4, 0.5) is 0 Å². The minimum Gasteiger partial charge on any atom is -0.367 e. The Morgan fingerprint density at radius 2 is 1.79 bits per heavy atom. The Morgan fingerprint density at radius 3 is 2.32 bits per heavy atom. The highest BCUT2D eigenvalue weighted by Gasteiger charge is 2.22. The van der Waals surface area contributed by atoms with Gasteiger partial charge in [0.25, 0.3) is 0 Å². The fourth-order valence-electron chi connectivity index (χ4n) is 1.50. The van der Waals surface area contributed by atoms with Crippen molar-refractivity contribution in [2.75, 3.05) is 0 Å². The van der Waals surface area contributed by atoms with E-state index in [1.165, 1.54) is 12.1 Å². The van der Waals surface area contributed by atoms with Crippen LogP contribution in [0.15, 0.2) is 35.5 Å². The van der Waals surface area contributed by atoms with Gasteiger partial charge in [-0.2, -0.15) is 0 Å². The van der Waals surface area contributed by atoms with Crippen LogP contribution in [-0.2, 0) is 16.6 Å². The Hall–Kier alpha value is -0.720. The molecule has 0 spiro atoms. The molecular formula is C11H9Cl3N2O2S. The standard InChI is InChI=1S/C11H9Cl3N2O2S/c12-8-3-9(13)11(10(14)4-8)19(17,18)16-6-7-1-2-15-5-7/h1-5,15-16H,6H2. The quantitative estimate of drug-likeness (QED) is 0.896. The van der Waals surface area contributed by atoms with Crippen LogP contribution in [-0.4, -0.2) is 13.4 Å². The molecule has 2 rings (SSSR count). The summed E-state index contributed by atoms with van der Waals surface area (Å²) in [4.78, 5) is 2.66. The topological polar surface area (TPSA) is 62.0 Å². The van der Waals surface area contributed by atoms with Crippen LogP contribution in [0.25, 0.3) is 0 Å². The van der Waals surface area contributed by atoms with Crippen LogP contribution in [0.2, 0.25) is 15.1 Å². The maximum Gasteiger partial charge on any atom is 0.243 e. The first-order valence-corrected chi connectivity index (χ1v) is 7.78. The molecule has 0 aliphatic carbocycles. The molecule has 0 saturated carbocycles. The zero-order valence-electron chi connectivity index (χ0n) is 9.45. The molecule has 8 heteroatoms. The Balaban J connectivity index is 2.29. The van der Waals surface area contributed by atoms with E-state index in [-0.39, 0.29) is 26.5 Å². The molecule has 0 bridgehead atoms. The molecule has 0 aliphatic rings. The van der Waals surface area contributed by atoms with Gasteiger partial charge in [0.1, 0.15) is 4.90 Å². The molecule has 0 radical (unpaired) electrons. The Morgan fingerprint density at radius 1 is 1.16 bits per heavy atom. The van der Waals surface area contributed by atoms with Gasteiger partial charge in [0.05, 0.1) is 10.0 Å². The number of aromatic nitrogens is 1. The average Bonchev–Trinajstić information content (AvgIpc) is 2.77. The van der Waals surface area contributed by atoms with E-state index in [2.05, 4.69) is 9.71 Å². The molecular weight excluding hydrogens is 331 g/mol. The van der Waals surface area contributed by atoms with Crippen LogP contribution in [0, 0.1) is 0 Å². The van der Waals surface area contributed by atoms with E-state index in [0.29, 0.717) is 0 Å². The summed E-state index contributed by atoms with van der Waals surface area (Å²) in [7, 11) is -3.80. The van der Waals surface area contributed by atoms with E-state index in [1.807, 2.05) is 0 Å². The smallest absolute Gasteiger partial charge is 0.243 e. The van der Waals surface area contributed by atoms with Crippen molar-refractivity contribution in [2.24, 2.45) is 0 Å². The van der Waals surface area contributed by atoms with Gasteiger partial charge < -0.3 is 4.98 Å². The lowest BCUT2D eigenvalue weighted by atomic mass is 10.3. The number of hydrogen-bond acceptors (Lipinski definition) is 2. The molecule has 0 saturated heterocycles. The second-order valence-corrected chi connectivity index (χ2v) is 6.70. The number of rotatable bonds is 4. The summed E-state index contributed by atoms with van der Waals surface area (Å²) in [6.07, 6.45) is 3.39. The third-order valence-electron chi connectivity index (χ3n) is 2.36. The summed E-state index contributed by atoms with van der Waals surface area (Å²) in [5.41, 5.74) is 0.796. The summed E-state index contributed by atoms with van der Waals surface area (Å²) in [6.45, 7) is 0.140. The predicted octanol–water partition coefficient (Wildman–Crippen LogP) is 3.45. The second-order valence-electron chi connectivity index (χ2n) is 3.74. The molecule has 0 atom stereocenters. The zero-order chi connectivity index (χ0) is 14.0. The minimum absolute atomic E-state index is 0.0148. The van der Waals surface area contributed by atoms with Gasteiger partial charge in [0, 0.05) is 24.0 Å². The fraction of sp³-hybridized carbons (Fsp3) is 0.0909. The van der Waals surface area contributed by atoms with E-state index in [4.69, 9.17) is 34.8 Å². The van der Waals surface area contributed by atoms with E-state index < -0.39 is 10.0 Å². The van der Waals surface area contributed by atoms with Crippen molar-refractivity contribution in [2.45, 2.75) is 11.4 Å². The molecule has 1 aromatic heterocycles. The number of H-pyrrole nitrogens is 1. The third-order valence-corrected chi connectivity index (χ3v) is 4.90. The first kappa shape index (κ1) is 14.7. The summed E-state index contributed by atoms with van der Waals surface area (Å²) in [5.74, 6) is 0. The molecule has 4 nitrogen and oxygen atoms in total. The fourth-order valence-corrected chi connectivity index (χ4v) is 4.06. The highest BCUT2D eigenvalue weighted by Crippen LogP contribution is 2.32. The van der Waals surface area contributed by atoms with Crippen molar-refractivity contribution in [1.82, 2.24) is 9.71 Å². The summed E-state index contributed by atoms with van der Waals surface area (Å²) in [5, 5.41) is 0.248. The van der Waals surface area contributed by atoms with Crippen molar-refractivity contribution in [3.63, 3.8) is 0 Å². The molecule has 0 aliphatic heterocycles. The van der Waals surface area contributed by atoms with Gasteiger partial charge in [0.2, 0.25) is 10.0 Å². The van der Waals surface area contributed by atoms with Crippen molar-refractivity contribution >= 4 is 44.8 Å². The third kappa shape index (κ3) is 3.43. The van der Waals surface area contributed by atoms with Gasteiger partial charge in [-0.1, -0.05) is 34.8 Å². The maximum absolute atomic E-state index is 12.1. The predicted molar refractivity (Wildman–Crippen MR) is 76.3 cm³/mol. The van der Waals surface area contributed by atoms with Gasteiger partial charge in [-0.3, -0.25) is 0 Å². The lowest BCUT2D eigenvalue weighted by Crippen LogP contribution is -2.23. The lowest BCUT2D eigenvalue weighted by molar-refractivity contribution is 0.581. The number of sulfonamides is 1. The van der Waals surface area contributed by atoms with Crippen molar-refractivity contribution < 1.29 is 8.42 Å². The SMILES string of the molecule is O=S(=O)(NCc1cc[nH]c1)c1c(Cl)cc(Cl)cc1Cl. The molecule has 102 valence electrons. The van der Waals surface area contributed by atoms with Crippen LogP contribution < -0.4 is 4.72 Å². The van der Waals surface area contributed by atoms with Gasteiger partial charge in [-0.25, -0.2) is 13.1 Å². The van der Waals surface area contributed by atoms with E-state index >= 15 is 0 Å². The highest BCUT2D eigenvalue weighted by atomic mass is 35.5. The van der Waals surface area contributed by atoms with Gasteiger partial charge in [0.15, 0.2) is 0 Å². The van der Waals surface area contributed by atoms with E-state index in [9.17, 15) is 8.42 Å². The van der Waals surface area contributed by atoms with Crippen LogP contribution in [0.5, 0.6) is 0 Å². The Bertz CT molecular complexity index is 661. The van der Waals surface area contributed by atoms with E-state index in [0.717, 1.165) is 5.56 Å². The Kier molecular flexibility index (Phi) is 4.43. The van der Waals surface area contributed by atoms with Crippen molar-refractivity contribution in [3.05, 3.63) is 51.2 Å². The largest absolute Gasteiger partial charge is 0.367 e. The second kappa shape index (κ2) is 5.73. The zero-order valence-corrected chi connectivity index (χ0v) is 12.5. The molecule has 0 unspecified atom stereocenters. The van der Waals surface area contributed by atoms with Gasteiger partial charge in [-0.15, -0.1) is 0 Å². The lowest BCUT2D eigenvalue weighted by Gasteiger charge is -2.10. The van der Waals surface area contributed by atoms with Crippen LogP contribution in [0.1, 0.15) is 5.56 Å².